The van der Waals surface area contributed by atoms with Crippen molar-refractivity contribution >= 4 is 5.91 Å². The van der Waals surface area contributed by atoms with Gasteiger partial charge in [-0.15, -0.1) is 6.58 Å². The normalized spacial score (nSPS) is 12.0. The Morgan fingerprint density at radius 2 is 2.24 bits per heavy atom. The van der Waals surface area contributed by atoms with Crippen LogP contribution in [0.3, 0.4) is 0 Å². The molecule has 0 aliphatic heterocycles. The molecule has 0 radical (unpaired) electrons. The number of nitrogens with zero attached hydrogens (tertiary/aromatic N) is 1. The quantitative estimate of drug-likeness (QED) is 0.530. The Balaban J connectivity index is 2.61. The van der Waals surface area contributed by atoms with Gasteiger partial charge in [-0.1, -0.05) is 18.2 Å². The first-order valence-electron chi connectivity index (χ1n) is 6.97. The average Bonchev–Trinajstić information content (AvgIpc) is 2.47. The molecule has 0 bridgehead atoms. The Labute approximate surface area is 127 Å². The smallest absolute Gasteiger partial charge is 0.234 e. The summed E-state index contributed by atoms with van der Waals surface area (Å²) in [6.07, 6.45) is 1.73. The molecule has 0 saturated carbocycles. The highest BCUT2D eigenvalue weighted by Gasteiger charge is 2.15. The summed E-state index contributed by atoms with van der Waals surface area (Å²) in [5, 5.41) is 5.92. The van der Waals surface area contributed by atoms with Gasteiger partial charge in [0.1, 0.15) is 5.75 Å². The minimum Gasteiger partial charge on any atom is -0.497 e. The third kappa shape index (κ3) is 5.97. The second-order valence-electron chi connectivity index (χ2n) is 4.98. The zero-order valence-electron chi connectivity index (χ0n) is 13.1. The number of benzene rings is 1. The maximum absolute atomic E-state index is 11.7. The van der Waals surface area contributed by atoms with E-state index in [1.807, 2.05) is 38.4 Å². The van der Waals surface area contributed by atoms with Crippen molar-refractivity contribution in [3.8, 4) is 5.75 Å². The van der Waals surface area contributed by atoms with Crippen LogP contribution in [0.15, 0.2) is 36.9 Å². The number of nitrogens with one attached hydrogen (secondary N) is 2. The largest absolute Gasteiger partial charge is 0.497 e. The Kier molecular flexibility index (Phi) is 7.50. The number of rotatable bonds is 9. The van der Waals surface area contributed by atoms with E-state index in [0.717, 1.165) is 11.3 Å². The van der Waals surface area contributed by atoms with E-state index in [0.29, 0.717) is 19.6 Å². The van der Waals surface area contributed by atoms with Crippen LogP contribution in [0.2, 0.25) is 0 Å². The van der Waals surface area contributed by atoms with Gasteiger partial charge in [0, 0.05) is 13.1 Å². The number of ether oxygens (including phenoxy) is 1. The van der Waals surface area contributed by atoms with Crippen molar-refractivity contribution in [2.24, 2.45) is 0 Å². The molecule has 1 atom stereocenters. The Morgan fingerprint density at radius 1 is 1.48 bits per heavy atom. The van der Waals surface area contributed by atoms with Gasteiger partial charge in [-0.05, 0) is 31.8 Å². The lowest BCUT2D eigenvalue weighted by molar-refractivity contribution is -0.120. The average molecular weight is 291 g/mol. The van der Waals surface area contributed by atoms with E-state index in [9.17, 15) is 4.79 Å². The number of carbonyl (C=O) groups excluding carboxylic acids is 1. The molecule has 21 heavy (non-hydrogen) atoms. The van der Waals surface area contributed by atoms with Crippen LogP contribution in [0, 0.1) is 0 Å². The summed E-state index contributed by atoms with van der Waals surface area (Å²) in [5.41, 5.74) is 1.11. The number of methoxy groups -OCH3 is 1. The van der Waals surface area contributed by atoms with Crippen molar-refractivity contribution in [2.45, 2.75) is 6.04 Å². The lowest BCUT2D eigenvalue weighted by Crippen LogP contribution is -2.39. The van der Waals surface area contributed by atoms with Crippen LogP contribution in [-0.2, 0) is 4.79 Å². The summed E-state index contributed by atoms with van der Waals surface area (Å²) in [6, 6.07) is 8.00. The van der Waals surface area contributed by atoms with E-state index >= 15 is 0 Å². The molecule has 0 heterocycles. The second-order valence-corrected chi connectivity index (χ2v) is 4.98. The summed E-state index contributed by atoms with van der Waals surface area (Å²) in [5.74, 6) is 0.796. The first-order valence-corrected chi connectivity index (χ1v) is 6.97. The second kappa shape index (κ2) is 9.15. The van der Waals surface area contributed by atoms with Crippen LogP contribution < -0.4 is 15.4 Å². The van der Waals surface area contributed by atoms with Crippen LogP contribution in [0.25, 0.3) is 0 Å². The first kappa shape index (κ1) is 17.2. The predicted octanol–water partition coefficient (Wildman–Crippen LogP) is 1.19. The third-order valence-electron chi connectivity index (χ3n) is 3.17. The van der Waals surface area contributed by atoms with Crippen LogP contribution in [0.5, 0.6) is 5.75 Å². The predicted molar refractivity (Wildman–Crippen MR) is 85.5 cm³/mol. The van der Waals surface area contributed by atoms with Crippen molar-refractivity contribution in [3.63, 3.8) is 0 Å². The highest BCUT2D eigenvalue weighted by molar-refractivity contribution is 5.78. The SMILES string of the molecule is C=CCNCC(=O)NCC(c1cccc(OC)c1)N(C)C. The fraction of sp³-hybridized carbons (Fsp3) is 0.438. The third-order valence-corrected chi connectivity index (χ3v) is 3.17. The molecule has 1 unspecified atom stereocenters. The number of amides is 1. The van der Waals surface area contributed by atoms with E-state index in [4.69, 9.17) is 4.74 Å². The van der Waals surface area contributed by atoms with Crippen LogP contribution in [0.4, 0.5) is 0 Å². The van der Waals surface area contributed by atoms with Gasteiger partial charge in [0.2, 0.25) is 5.91 Å². The van der Waals surface area contributed by atoms with Crippen molar-refractivity contribution in [1.29, 1.82) is 0 Å². The molecule has 1 rings (SSSR count). The summed E-state index contributed by atoms with van der Waals surface area (Å²) in [6.45, 7) is 5.07. The molecule has 0 aliphatic carbocycles. The molecule has 0 aliphatic rings. The number of hydrogen-bond donors (Lipinski definition) is 2. The monoisotopic (exact) mass is 291 g/mol. The van der Waals surface area contributed by atoms with Gasteiger partial charge in [0.05, 0.1) is 19.7 Å². The van der Waals surface area contributed by atoms with E-state index < -0.39 is 0 Å². The minimum atomic E-state index is -0.0217. The molecule has 1 aromatic carbocycles. The van der Waals surface area contributed by atoms with Gasteiger partial charge in [-0.3, -0.25) is 4.79 Å². The summed E-state index contributed by atoms with van der Waals surface area (Å²) < 4.78 is 5.25. The summed E-state index contributed by atoms with van der Waals surface area (Å²) in [4.78, 5) is 13.8. The Morgan fingerprint density at radius 3 is 2.86 bits per heavy atom. The maximum Gasteiger partial charge on any atom is 0.234 e. The number of carbonyl (C=O) groups is 1. The lowest BCUT2D eigenvalue weighted by atomic mass is 10.1. The zero-order valence-corrected chi connectivity index (χ0v) is 13.1. The maximum atomic E-state index is 11.7. The van der Waals surface area contributed by atoms with Gasteiger partial charge in [-0.2, -0.15) is 0 Å². The number of likely N-dealkylation sites (N-methyl/N-ethyl adjacent to an activating group) is 1. The summed E-state index contributed by atoms with van der Waals surface area (Å²) >= 11 is 0. The van der Waals surface area contributed by atoms with E-state index in [1.165, 1.54) is 0 Å². The molecule has 116 valence electrons. The topological polar surface area (TPSA) is 53.6 Å². The molecule has 0 saturated heterocycles. The highest BCUT2D eigenvalue weighted by atomic mass is 16.5. The number of hydrogen-bond acceptors (Lipinski definition) is 4. The molecule has 0 spiro atoms. The van der Waals surface area contributed by atoms with E-state index in [1.54, 1.807) is 13.2 Å². The van der Waals surface area contributed by atoms with Crippen LogP contribution >= 0.6 is 0 Å². The lowest BCUT2D eigenvalue weighted by Gasteiger charge is -2.25. The molecule has 1 aromatic rings. The molecule has 1 amide bonds. The van der Waals surface area contributed by atoms with Gasteiger partial charge in [-0.25, -0.2) is 0 Å². The molecule has 0 fully saturated rings. The van der Waals surface area contributed by atoms with Crippen molar-refractivity contribution in [3.05, 3.63) is 42.5 Å². The molecule has 2 N–H and O–H groups in total. The Hall–Kier alpha value is -1.85. The van der Waals surface area contributed by atoms with Gasteiger partial charge < -0.3 is 20.3 Å². The van der Waals surface area contributed by atoms with Crippen LogP contribution in [-0.4, -0.2) is 51.6 Å². The molecular weight excluding hydrogens is 266 g/mol. The van der Waals surface area contributed by atoms with Crippen LogP contribution in [0.1, 0.15) is 11.6 Å². The molecule has 0 aromatic heterocycles. The fourth-order valence-electron chi connectivity index (χ4n) is 2.01. The first-order chi connectivity index (χ1) is 10.1. The minimum absolute atomic E-state index is 0.0217. The van der Waals surface area contributed by atoms with E-state index in [2.05, 4.69) is 22.1 Å². The highest BCUT2D eigenvalue weighted by Crippen LogP contribution is 2.21. The molecule has 5 nitrogen and oxygen atoms in total. The van der Waals surface area contributed by atoms with Gasteiger partial charge >= 0.3 is 0 Å². The fourth-order valence-corrected chi connectivity index (χ4v) is 2.01. The standard InChI is InChI=1S/C16H25N3O2/c1-5-9-17-12-16(20)18-11-15(19(2)3)13-7-6-8-14(10-13)21-4/h5-8,10,15,17H,1,9,11-12H2,2-4H3,(H,18,20). The van der Waals surface area contributed by atoms with Gasteiger partial charge in [0.25, 0.3) is 0 Å². The molecular formula is C16H25N3O2. The van der Waals surface area contributed by atoms with Crippen molar-refractivity contribution in [1.82, 2.24) is 15.5 Å². The summed E-state index contributed by atoms with van der Waals surface area (Å²) in [7, 11) is 5.63. The zero-order chi connectivity index (χ0) is 15.7. The van der Waals surface area contributed by atoms with Crippen molar-refractivity contribution < 1.29 is 9.53 Å². The van der Waals surface area contributed by atoms with Crippen molar-refractivity contribution in [2.75, 3.05) is 40.8 Å². The molecule has 5 heteroatoms. The van der Waals surface area contributed by atoms with Gasteiger partial charge in [0.15, 0.2) is 0 Å². The van der Waals surface area contributed by atoms with E-state index in [-0.39, 0.29) is 11.9 Å². The Bertz CT molecular complexity index is 461.